The van der Waals surface area contributed by atoms with E-state index in [1.165, 1.54) is 32.9 Å². The lowest BCUT2D eigenvalue weighted by molar-refractivity contribution is 0.108. The fourth-order valence-electron chi connectivity index (χ4n) is 3.15. The minimum atomic E-state index is -3.71. The summed E-state index contributed by atoms with van der Waals surface area (Å²) in [4.78, 5) is 0.166. The number of nitrogens with zero attached hydrogens (tertiary/aromatic N) is 2. The molecule has 9 heteroatoms. The van der Waals surface area contributed by atoms with E-state index in [0.717, 1.165) is 12.8 Å². The topological polar surface area (TPSA) is 95.0 Å². The van der Waals surface area contributed by atoms with Crippen LogP contribution in [0.3, 0.4) is 0 Å². The van der Waals surface area contributed by atoms with E-state index in [4.69, 9.17) is 0 Å². The van der Waals surface area contributed by atoms with Gasteiger partial charge in [0.2, 0.25) is 20.0 Å². The smallest absolute Gasteiger partial charge is 0.243 e. The Balaban J connectivity index is 1.83. The van der Waals surface area contributed by atoms with Crippen LogP contribution in [0, 0.1) is 0 Å². The van der Waals surface area contributed by atoms with Crippen molar-refractivity contribution in [2.24, 2.45) is 0 Å². The standard InChI is InChI=1S/C15H22N2O5S2/c18-13-4-3-11-17(12-13)24(21,22)15-7-5-14(6-8-15)23(19,20)16-9-1-2-10-16/h5-8,13,18H,1-4,9-12H2. The first-order chi connectivity index (χ1) is 11.3. The van der Waals surface area contributed by atoms with E-state index in [-0.39, 0.29) is 16.3 Å². The highest BCUT2D eigenvalue weighted by atomic mass is 32.2. The molecule has 1 N–H and O–H groups in total. The van der Waals surface area contributed by atoms with Crippen LogP contribution >= 0.6 is 0 Å². The molecule has 0 aromatic heterocycles. The van der Waals surface area contributed by atoms with Gasteiger partial charge >= 0.3 is 0 Å². The minimum absolute atomic E-state index is 0.0528. The summed E-state index contributed by atoms with van der Waals surface area (Å²) in [6, 6.07) is 5.36. The molecular weight excluding hydrogens is 352 g/mol. The number of piperidine rings is 1. The summed E-state index contributed by atoms with van der Waals surface area (Å²) in [6.07, 6.45) is 2.26. The van der Waals surface area contributed by atoms with Crippen LogP contribution in [0.5, 0.6) is 0 Å². The van der Waals surface area contributed by atoms with E-state index in [0.29, 0.717) is 32.5 Å². The van der Waals surface area contributed by atoms with E-state index in [9.17, 15) is 21.9 Å². The summed E-state index contributed by atoms with van der Waals surface area (Å²) < 4.78 is 52.8. The molecule has 0 saturated carbocycles. The molecule has 3 rings (SSSR count). The molecule has 2 aliphatic heterocycles. The van der Waals surface area contributed by atoms with Gasteiger partial charge in [-0.05, 0) is 49.9 Å². The normalized spacial score (nSPS) is 24.3. The fraction of sp³-hybridized carbons (Fsp3) is 0.600. The van der Waals surface area contributed by atoms with E-state index in [2.05, 4.69) is 0 Å². The molecule has 134 valence electrons. The maximum absolute atomic E-state index is 12.6. The van der Waals surface area contributed by atoms with Crippen LogP contribution in [0.1, 0.15) is 25.7 Å². The lowest BCUT2D eigenvalue weighted by Gasteiger charge is -2.29. The Morgan fingerprint density at radius 1 is 0.792 bits per heavy atom. The van der Waals surface area contributed by atoms with Crippen LogP contribution in [0.15, 0.2) is 34.1 Å². The maximum Gasteiger partial charge on any atom is 0.243 e. The molecule has 0 radical (unpaired) electrons. The van der Waals surface area contributed by atoms with Crippen molar-refractivity contribution in [3.05, 3.63) is 24.3 Å². The molecule has 0 aliphatic carbocycles. The van der Waals surface area contributed by atoms with Crippen molar-refractivity contribution in [1.82, 2.24) is 8.61 Å². The summed E-state index contributed by atoms with van der Waals surface area (Å²) in [5.74, 6) is 0. The molecule has 0 bridgehead atoms. The first-order valence-electron chi connectivity index (χ1n) is 8.10. The second-order valence-electron chi connectivity index (χ2n) is 6.24. The highest BCUT2D eigenvalue weighted by molar-refractivity contribution is 7.89. The molecule has 0 spiro atoms. The van der Waals surface area contributed by atoms with Gasteiger partial charge in [0.25, 0.3) is 0 Å². The number of aliphatic hydroxyl groups excluding tert-OH is 1. The number of rotatable bonds is 4. The lowest BCUT2D eigenvalue weighted by Crippen LogP contribution is -2.42. The second kappa shape index (κ2) is 6.72. The Kier molecular flexibility index (Phi) is 4.99. The molecule has 0 amide bonds. The summed E-state index contributed by atoms with van der Waals surface area (Å²) >= 11 is 0. The van der Waals surface area contributed by atoms with Gasteiger partial charge in [0.1, 0.15) is 0 Å². The number of hydrogen-bond acceptors (Lipinski definition) is 5. The van der Waals surface area contributed by atoms with Crippen LogP contribution < -0.4 is 0 Å². The zero-order valence-electron chi connectivity index (χ0n) is 13.3. The maximum atomic E-state index is 12.6. The van der Waals surface area contributed by atoms with Gasteiger partial charge in [0, 0.05) is 26.2 Å². The zero-order valence-corrected chi connectivity index (χ0v) is 15.0. The van der Waals surface area contributed by atoms with Crippen molar-refractivity contribution >= 4 is 20.0 Å². The van der Waals surface area contributed by atoms with Crippen molar-refractivity contribution in [1.29, 1.82) is 0 Å². The van der Waals surface area contributed by atoms with Gasteiger partial charge in [0.05, 0.1) is 15.9 Å². The van der Waals surface area contributed by atoms with E-state index < -0.39 is 26.2 Å². The largest absolute Gasteiger partial charge is 0.392 e. The molecule has 7 nitrogen and oxygen atoms in total. The van der Waals surface area contributed by atoms with Crippen LogP contribution in [-0.2, 0) is 20.0 Å². The summed E-state index contributed by atoms with van der Waals surface area (Å²) in [6.45, 7) is 1.46. The molecule has 1 aromatic rings. The SMILES string of the molecule is O=S(=O)(c1ccc(S(=O)(=O)N2CCCC(O)C2)cc1)N1CCCC1. The predicted molar refractivity (Wildman–Crippen MR) is 88.4 cm³/mol. The van der Waals surface area contributed by atoms with Gasteiger partial charge in [0.15, 0.2) is 0 Å². The highest BCUT2D eigenvalue weighted by Crippen LogP contribution is 2.25. The van der Waals surface area contributed by atoms with Gasteiger partial charge in [-0.25, -0.2) is 16.8 Å². The minimum Gasteiger partial charge on any atom is -0.392 e. The predicted octanol–water partition coefficient (Wildman–Crippen LogP) is 0.617. The number of sulfonamides is 2. The Bertz CT molecular complexity index is 784. The summed E-state index contributed by atoms with van der Waals surface area (Å²) in [5.41, 5.74) is 0. The molecular formula is C15H22N2O5S2. The van der Waals surface area contributed by atoms with E-state index in [1.807, 2.05) is 0 Å². The molecule has 24 heavy (non-hydrogen) atoms. The van der Waals surface area contributed by atoms with Crippen molar-refractivity contribution in [3.8, 4) is 0 Å². The van der Waals surface area contributed by atoms with Crippen molar-refractivity contribution in [3.63, 3.8) is 0 Å². The van der Waals surface area contributed by atoms with E-state index >= 15 is 0 Å². The number of β-amino-alcohol motifs (C(OH)–C–C–N with tert-alkyl or cyclic N) is 1. The zero-order chi connectivity index (χ0) is 17.4. The van der Waals surface area contributed by atoms with Gasteiger partial charge in [-0.2, -0.15) is 8.61 Å². The van der Waals surface area contributed by atoms with Gasteiger partial charge in [-0.3, -0.25) is 0 Å². The third-order valence-electron chi connectivity index (χ3n) is 4.52. The average molecular weight is 374 g/mol. The van der Waals surface area contributed by atoms with Gasteiger partial charge in [-0.1, -0.05) is 0 Å². The first-order valence-corrected chi connectivity index (χ1v) is 11.0. The van der Waals surface area contributed by atoms with Crippen molar-refractivity contribution in [2.75, 3.05) is 26.2 Å². The molecule has 2 aliphatic rings. The molecule has 2 saturated heterocycles. The third kappa shape index (κ3) is 3.36. The van der Waals surface area contributed by atoms with Crippen LogP contribution in [0.4, 0.5) is 0 Å². The molecule has 1 atom stereocenters. The highest BCUT2D eigenvalue weighted by Gasteiger charge is 2.31. The van der Waals surface area contributed by atoms with Crippen molar-refractivity contribution < 1.29 is 21.9 Å². The Labute approximate surface area is 143 Å². The number of aliphatic hydroxyl groups is 1. The van der Waals surface area contributed by atoms with Crippen LogP contribution in [-0.4, -0.2) is 62.8 Å². The lowest BCUT2D eigenvalue weighted by atomic mass is 10.1. The third-order valence-corrected chi connectivity index (χ3v) is 8.32. The molecule has 1 aromatic carbocycles. The molecule has 2 heterocycles. The quantitative estimate of drug-likeness (QED) is 0.833. The Hall–Kier alpha value is -1.00. The van der Waals surface area contributed by atoms with E-state index in [1.54, 1.807) is 0 Å². The van der Waals surface area contributed by atoms with Gasteiger partial charge in [-0.15, -0.1) is 0 Å². The number of hydrogen-bond donors (Lipinski definition) is 1. The Morgan fingerprint density at radius 2 is 1.25 bits per heavy atom. The van der Waals surface area contributed by atoms with Crippen LogP contribution in [0.25, 0.3) is 0 Å². The monoisotopic (exact) mass is 374 g/mol. The van der Waals surface area contributed by atoms with Crippen molar-refractivity contribution in [2.45, 2.75) is 41.6 Å². The Morgan fingerprint density at radius 3 is 1.75 bits per heavy atom. The van der Waals surface area contributed by atoms with Gasteiger partial charge < -0.3 is 5.11 Å². The fourth-order valence-corrected chi connectivity index (χ4v) is 6.18. The van der Waals surface area contributed by atoms with Crippen LogP contribution in [0.2, 0.25) is 0 Å². The summed E-state index contributed by atoms with van der Waals surface area (Å²) in [7, 11) is -7.26. The molecule has 2 fully saturated rings. The molecule has 1 unspecified atom stereocenters. The number of benzene rings is 1. The summed E-state index contributed by atoms with van der Waals surface area (Å²) in [5, 5.41) is 9.67. The second-order valence-corrected chi connectivity index (χ2v) is 10.1. The first kappa shape index (κ1) is 17.8. The average Bonchev–Trinajstić information content (AvgIpc) is 3.10.